The number of carbonyl (C=O) groups is 2. The minimum atomic E-state index is -0.0973. The first-order chi connectivity index (χ1) is 19.1. The molecule has 0 aromatic heterocycles. The summed E-state index contributed by atoms with van der Waals surface area (Å²) in [4.78, 5) is 33.6. The second-order valence-electron chi connectivity index (χ2n) is 13.3. The highest BCUT2D eigenvalue weighted by atomic mass is 16.6. The number of piperidine rings is 1. The summed E-state index contributed by atoms with van der Waals surface area (Å²) in [5, 5.41) is 0. The van der Waals surface area contributed by atoms with E-state index >= 15 is 0 Å². The summed E-state index contributed by atoms with van der Waals surface area (Å²) in [5.41, 5.74) is 2.92. The number of ether oxygens (including phenoxy) is 2. The quantitative estimate of drug-likeness (QED) is 0.553. The fourth-order valence-corrected chi connectivity index (χ4v) is 8.48. The molecule has 1 aromatic carbocycles. The Labute approximate surface area is 233 Å². The maximum absolute atomic E-state index is 13.4. The molecule has 1 saturated carbocycles. The fraction of sp³-hybridized carbons (Fsp3) is 0.750. The van der Waals surface area contributed by atoms with Crippen LogP contribution >= 0.6 is 0 Å². The first kappa shape index (κ1) is 25.8. The number of benzene rings is 1. The lowest BCUT2D eigenvalue weighted by molar-refractivity contribution is -0.135. The van der Waals surface area contributed by atoms with Crippen LogP contribution in [0, 0.1) is 5.92 Å². The third kappa shape index (κ3) is 5.10. The molecule has 0 radical (unpaired) electrons. The van der Waals surface area contributed by atoms with Crippen LogP contribution in [0.5, 0.6) is 0 Å². The first-order valence-corrected chi connectivity index (χ1v) is 15.8. The van der Waals surface area contributed by atoms with Gasteiger partial charge in [-0.3, -0.25) is 4.79 Å². The van der Waals surface area contributed by atoms with Crippen LogP contribution in [0.2, 0.25) is 0 Å². The molecule has 39 heavy (non-hydrogen) atoms. The number of carbonyl (C=O) groups excluding carboxylic acids is 2. The Kier molecular flexibility index (Phi) is 7.08. The average molecular weight is 536 g/mol. The van der Waals surface area contributed by atoms with E-state index in [2.05, 4.69) is 39.0 Å². The molecular formula is C32H45N3O4. The van der Waals surface area contributed by atoms with Crippen molar-refractivity contribution in [2.24, 2.45) is 5.92 Å². The van der Waals surface area contributed by atoms with E-state index in [1.54, 1.807) is 0 Å². The topological polar surface area (TPSA) is 62.3 Å². The molecule has 7 heteroatoms. The minimum Gasteiger partial charge on any atom is -0.444 e. The third-order valence-corrected chi connectivity index (χ3v) is 10.8. The molecule has 212 valence electrons. The van der Waals surface area contributed by atoms with E-state index in [-0.39, 0.29) is 29.6 Å². The van der Waals surface area contributed by atoms with E-state index in [0.29, 0.717) is 31.2 Å². The average Bonchev–Trinajstić information content (AvgIpc) is 3.75. The van der Waals surface area contributed by atoms with Crippen LogP contribution in [0.15, 0.2) is 24.3 Å². The maximum atomic E-state index is 13.4. The van der Waals surface area contributed by atoms with Crippen molar-refractivity contribution in [2.75, 3.05) is 32.8 Å². The second-order valence-corrected chi connectivity index (χ2v) is 13.3. The van der Waals surface area contributed by atoms with Crippen molar-refractivity contribution in [3.05, 3.63) is 35.4 Å². The van der Waals surface area contributed by atoms with Gasteiger partial charge in [0.15, 0.2) is 0 Å². The van der Waals surface area contributed by atoms with Crippen molar-refractivity contribution >= 4 is 12.0 Å². The number of hydrogen-bond acceptors (Lipinski definition) is 5. The standard InChI is InChI=1S/C32H45N3O4/c36-30(23-9-10-23)34-20-24-5-1-4-8-29(24)32(22-34)14-16-33(17-15-32)26-12-11-25-6-2-3-7-27(19-26)35(25)31(37)39-28-13-18-38-21-28/h1,4-5,8,23,25-28H,2-3,6-7,9-22H2/t25?,26?,27?,28-/m0/s1. The molecule has 1 aromatic rings. The second kappa shape index (κ2) is 10.7. The SMILES string of the molecule is O=C(C1CC1)N1Cc2ccccc2C2(CCN(C3CCC4CCCCC(C3)N4C(=O)O[C@H]3CCOC3)CC2)C1. The van der Waals surface area contributed by atoms with Gasteiger partial charge in [0, 0.05) is 49.0 Å². The van der Waals surface area contributed by atoms with Crippen molar-refractivity contribution in [2.45, 2.75) is 113 Å². The molecule has 4 atom stereocenters. The Morgan fingerprint density at radius 2 is 1.67 bits per heavy atom. The van der Waals surface area contributed by atoms with Crippen LogP contribution in [0.4, 0.5) is 4.79 Å². The summed E-state index contributed by atoms with van der Waals surface area (Å²) in [5.74, 6) is 0.659. The monoisotopic (exact) mass is 535 g/mol. The molecule has 0 N–H and O–H groups in total. The number of hydrogen-bond donors (Lipinski definition) is 0. The van der Waals surface area contributed by atoms with Gasteiger partial charge in [-0.2, -0.15) is 0 Å². The molecule has 1 spiro atoms. The van der Waals surface area contributed by atoms with Crippen LogP contribution in [-0.4, -0.2) is 83.8 Å². The van der Waals surface area contributed by atoms with Gasteiger partial charge in [0.25, 0.3) is 0 Å². The maximum Gasteiger partial charge on any atom is 0.410 e. The molecule has 1 aliphatic carbocycles. The van der Waals surface area contributed by atoms with Crippen LogP contribution in [-0.2, 0) is 26.2 Å². The van der Waals surface area contributed by atoms with Gasteiger partial charge in [-0.05, 0) is 82.0 Å². The highest BCUT2D eigenvalue weighted by Gasteiger charge is 2.47. The predicted molar refractivity (Wildman–Crippen MR) is 148 cm³/mol. The van der Waals surface area contributed by atoms with Gasteiger partial charge in [-0.25, -0.2) is 4.79 Å². The lowest BCUT2D eigenvalue weighted by atomic mass is 9.68. The van der Waals surface area contributed by atoms with Crippen molar-refractivity contribution < 1.29 is 19.1 Å². The van der Waals surface area contributed by atoms with Crippen molar-refractivity contribution in [3.8, 4) is 0 Å². The smallest absolute Gasteiger partial charge is 0.410 e. The molecule has 5 heterocycles. The van der Waals surface area contributed by atoms with Gasteiger partial charge in [-0.15, -0.1) is 0 Å². The molecule has 3 unspecified atom stereocenters. The normalized spacial score (nSPS) is 32.8. The molecule has 4 saturated heterocycles. The van der Waals surface area contributed by atoms with Gasteiger partial charge in [-0.1, -0.05) is 37.1 Å². The summed E-state index contributed by atoms with van der Waals surface area (Å²) < 4.78 is 11.4. The highest BCUT2D eigenvalue weighted by molar-refractivity contribution is 5.81. The van der Waals surface area contributed by atoms with Gasteiger partial charge in [0.05, 0.1) is 13.2 Å². The first-order valence-electron chi connectivity index (χ1n) is 15.8. The Bertz CT molecular complexity index is 1060. The summed E-state index contributed by atoms with van der Waals surface area (Å²) in [6, 6.07) is 10.00. The minimum absolute atomic E-state index is 0.0766. The summed E-state index contributed by atoms with van der Waals surface area (Å²) in [6.45, 7) is 5.05. The lowest BCUT2D eigenvalue weighted by Crippen LogP contribution is -2.55. The summed E-state index contributed by atoms with van der Waals surface area (Å²) >= 11 is 0. The predicted octanol–water partition coefficient (Wildman–Crippen LogP) is 4.86. The molecule has 5 fully saturated rings. The lowest BCUT2D eigenvalue weighted by Gasteiger charge is -2.50. The molecule has 2 bridgehead atoms. The Morgan fingerprint density at radius 1 is 0.897 bits per heavy atom. The number of amides is 2. The van der Waals surface area contributed by atoms with Gasteiger partial charge in [0.2, 0.25) is 5.91 Å². The zero-order valence-electron chi connectivity index (χ0n) is 23.4. The van der Waals surface area contributed by atoms with Crippen LogP contribution < -0.4 is 0 Å². The molecular weight excluding hydrogens is 490 g/mol. The van der Waals surface area contributed by atoms with Crippen molar-refractivity contribution in [3.63, 3.8) is 0 Å². The summed E-state index contributed by atoms with van der Waals surface area (Å²) in [7, 11) is 0. The van der Waals surface area contributed by atoms with E-state index in [1.165, 1.54) is 24.0 Å². The number of nitrogens with zero attached hydrogens (tertiary/aromatic N) is 3. The Morgan fingerprint density at radius 3 is 2.44 bits per heavy atom. The van der Waals surface area contributed by atoms with Crippen LogP contribution in [0.1, 0.15) is 88.2 Å². The van der Waals surface area contributed by atoms with E-state index in [9.17, 15) is 9.59 Å². The Balaban J connectivity index is 1.05. The van der Waals surface area contributed by atoms with Gasteiger partial charge < -0.3 is 24.2 Å². The number of fused-ring (bicyclic) bond motifs is 4. The van der Waals surface area contributed by atoms with Crippen molar-refractivity contribution in [1.29, 1.82) is 0 Å². The van der Waals surface area contributed by atoms with E-state index in [0.717, 1.165) is 90.4 Å². The molecule has 5 aliphatic heterocycles. The van der Waals surface area contributed by atoms with E-state index in [1.807, 2.05) is 0 Å². The number of rotatable bonds is 3. The largest absolute Gasteiger partial charge is 0.444 e. The fourth-order valence-electron chi connectivity index (χ4n) is 8.48. The summed E-state index contributed by atoms with van der Waals surface area (Å²) in [6.07, 6.45) is 12.9. The molecule has 7 rings (SSSR count). The van der Waals surface area contributed by atoms with Crippen LogP contribution in [0.25, 0.3) is 0 Å². The zero-order chi connectivity index (χ0) is 26.4. The number of likely N-dealkylation sites (tertiary alicyclic amines) is 1. The molecule has 2 amide bonds. The van der Waals surface area contributed by atoms with Crippen LogP contribution in [0.3, 0.4) is 0 Å². The van der Waals surface area contributed by atoms with E-state index in [4.69, 9.17) is 9.47 Å². The van der Waals surface area contributed by atoms with E-state index < -0.39 is 0 Å². The van der Waals surface area contributed by atoms with Gasteiger partial charge >= 0.3 is 6.09 Å². The third-order valence-electron chi connectivity index (χ3n) is 10.8. The molecule has 7 nitrogen and oxygen atoms in total. The Hall–Kier alpha value is -2.12. The zero-order valence-corrected chi connectivity index (χ0v) is 23.4. The van der Waals surface area contributed by atoms with Crippen molar-refractivity contribution in [1.82, 2.24) is 14.7 Å². The molecule has 6 aliphatic rings. The van der Waals surface area contributed by atoms with Gasteiger partial charge in [0.1, 0.15) is 6.10 Å². The highest BCUT2D eigenvalue weighted by Crippen LogP contribution is 2.45.